The van der Waals surface area contributed by atoms with Crippen molar-refractivity contribution in [2.75, 3.05) is 19.6 Å². The number of nitrogens with zero attached hydrogens (tertiary/aromatic N) is 1. The van der Waals surface area contributed by atoms with Crippen molar-refractivity contribution in [1.29, 1.82) is 0 Å². The van der Waals surface area contributed by atoms with E-state index in [4.69, 9.17) is 5.11 Å². The Morgan fingerprint density at radius 2 is 1.82 bits per heavy atom. The molecule has 2 aliphatic rings. The third kappa shape index (κ3) is 2.37. The predicted octanol–water partition coefficient (Wildman–Crippen LogP) is 1.15. The first-order valence-corrected chi connectivity index (χ1v) is 6.21. The number of hydrogen-bond acceptors (Lipinski definition) is 2. The number of aliphatic carboxylic acids is 1. The van der Waals surface area contributed by atoms with Crippen LogP contribution < -0.4 is 5.32 Å². The van der Waals surface area contributed by atoms with E-state index in [0.29, 0.717) is 24.7 Å². The number of urea groups is 1. The van der Waals surface area contributed by atoms with Crippen LogP contribution in [0.15, 0.2) is 0 Å². The van der Waals surface area contributed by atoms with E-state index in [2.05, 4.69) is 19.2 Å². The molecule has 2 amide bonds. The number of carboxylic acids is 1. The molecule has 2 fully saturated rings. The molecule has 0 bridgehead atoms. The van der Waals surface area contributed by atoms with Crippen LogP contribution in [0.1, 0.15) is 26.7 Å². The molecule has 2 unspecified atom stereocenters. The molecule has 2 atom stereocenters. The molecule has 5 nitrogen and oxygen atoms in total. The Hall–Kier alpha value is -1.26. The van der Waals surface area contributed by atoms with Crippen molar-refractivity contribution in [3.63, 3.8) is 0 Å². The molecule has 1 saturated carbocycles. The van der Waals surface area contributed by atoms with E-state index in [1.165, 1.54) is 0 Å². The van der Waals surface area contributed by atoms with E-state index < -0.39 is 11.4 Å². The van der Waals surface area contributed by atoms with E-state index in [0.717, 1.165) is 13.1 Å². The number of amides is 2. The number of rotatable bonds is 3. The van der Waals surface area contributed by atoms with Gasteiger partial charge in [-0.2, -0.15) is 0 Å². The standard InChI is InChI=1S/C12H20N2O3/c1-8-5-14(6-9(8)2)11(17)13-7-12(3-4-12)10(15)16/h8-9H,3-7H2,1-2H3,(H,13,17)(H,15,16). The fraction of sp³-hybridized carbons (Fsp3) is 0.833. The first-order chi connectivity index (χ1) is 7.94. The average Bonchev–Trinajstić information content (AvgIpc) is 2.99. The Kier molecular flexibility index (Phi) is 3.02. The molecule has 0 spiro atoms. The lowest BCUT2D eigenvalue weighted by atomic mass is 10.0. The second kappa shape index (κ2) is 4.20. The van der Waals surface area contributed by atoms with Crippen LogP contribution in [0.3, 0.4) is 0 Å². The minimum absolute atomic E-state index is 0.117. The van der Waals surface area contributed by atoms with E-state index in [1.807, 2.05) is 0 Å². The molecule has 2 N–H and O–H groups in total. The molecular formula is C12H20N2O3. The monoisotopic (exact) mass is 240 g/mol. The van der Waals surface area contributed by atoms with Crippen molar-refractivity contribution in [2.45, 2.75) is 26.7 Å². The maximum Gasteiger partial charge on any atom is 0.317 e. The molecule has 0 aromatic rings. The van der Waals surface area contributed by atoms with Crippen LogP contribution in [0.2, 0.25) is 0 Å². The lowest BCUT2D eigenvalue weighted by molar-refractivity contribution is -0.143. The van der Waals surface area contributed by atoms with Gasteiger partial charge in [-0.3, -0.25) is 4.79 Å². The van der Waals surface area contributed by atoms with Gasteiger partial charge in [0.2, 0.25) is 0 Å². The van der Waals surface area contributed by atoms with Gasteiger partial charge in [0.1, 0.15) is 0 Å². The molecule has 0 aromatic carbocycles. The van der Waals surface area contributed by atoms with Gasteiger partial charge in [-0.15, -0.1) is 0 Å². The van der Waals surface area contributed by atoms with Crippen LogP contribution in [0.4, 0.5) is 4.79 Å². The molecule has 1 aliphatic heterocycles. The molecule has 0 radical (unpaired) electrons. The zero-order valence-corrected chi connectivity index (χ0v) is 10.4. The van der Waals surface area contributed by atoms with E-state index in [-0.39, 0.29) is 12.6 Å². The number of nitrogens with one attached hydrogen (secondary N) is 1. The molecule has 17 heavy (non-hydrogen) atoms. The van der Waals surface area contributed by atoms with Crippen molar-refractivity contribution < 1.29 is 14.7 Å². The summed E-state index contributed by atoms with van der Waals surface area (Å²) in [5.74, 6) is 0.256. The van der Waals surface area contributed by atoms with Crippen LogP contribution in [-0.4, -0.2) is 41.6 Å². The second-order valence-electron chi connectivity index (χ2n) is 5.60. The van der Waals surface area contributed by atoms with Gasteiger partial charge in [0.15, 0.2) is 0 Å². The molecule has 1 saturated heterocycles. The highest BCUT2D eigenvalue weighted by molar-refractivity contribution is 5.80. The Balaban J connectivity index is 1.81. The topological polar surface area (TPSA) is 69.6 Å². The average molecular weight is 240 g/mol. The van der Waals surface area contributed by atoms with Gasteiger partial charge in [0.05, 0.1) is 5.41 Å². The van der Waals surface area contributed by atoms with Crippen LogP contribution in [0.5, 0.6) is 0 Å². The van der Waals surface area contributed by atoms with Gasteiger partial charge in [-0.1, -0.05) is 13.8 Å². The van der Waals surface area contributed by atoms with Gasteiger partial charge in [-0.05, 0) is 24.7 Å². The maximum absolute atomic E-state index is 11.9. The lowest BCUT2D eigenvalue weighted by Crippen LogP contribution is -2.42. The first kappa shape index (κ1) is 12.2. The van der Waals surface area contributed by atoms with Crippen molar-refractivity contribution in [3.8, 4) is 0 Å². The maximum atomic E-state index is 11.9. The van der Waals surface area contributed by atoms with Crippen LogP contribution in [0.25, 0.3) is 0 Å². The summed E-state index contributed by atoms with van der Waals surface area (Å²) in [6.45, 7) is 6.08. The summed E-state index contributed by atoms with van der Waals surface area (Å²) >= 11 is 0. The molecule has 1 aliphatic carbocycles. The fourth-order valence-corrected chi connectivity index (χ4v) is 2.27. The highest BCUT2D eigenvalue weighted by Crippen LogP contribution is 2.45. The highest BCUT2D eigenvalue weighted by atomic mass is 16.4. The summed E-state index contributed by atoms with van der Waals surface area (Å²) < 4.78 is 0. The first-order valence-electron chi connectivity index (χ1n) is 6.21. The third-order valence-corrected chi connectivity index (χ3v) is 4.16. The zero-order chi connectivity index (χ0) is 12.6. The van der Waals surface area contributed by atoms with Crippen molar-refractivity contribution in [3.05, 3.63) is 0 Å². The highest BCUT2D eigenvalue weighted by Gasteiger charge is 2.50. The van der Waals surface area contributed by atoms with Gasteiger partial charge < -0.3 is 15.3 Å². The normalized spacial score (nSPS) is 30.1. The van der Waals surface area contributed by atoms with Crippen LogP contribution in [0, 0.1) is 17.3 Å². The Morgan fingerprint density at radius 3 is 2.24 bits per heavy atom. The summed E-state index contributed by atoms with van der Waals surface area (Å²) in [4.78, 5) is 24.6. The fourth-order valence-electron chi connectivity index (χ4n) is 2.27. The summed E-state index contributed by atoms with van der Waals surface area (Å²) in [5.41, 5.74) is -0.674. The second-order valence-corrected chi connectivity index (χ2v) is 5.60. The molecular weight excluding hydrogens is 220 g/mol. The number of carbonyl (C=O) groups is 2. The Morgan fingerprint density at radius 1 is 1.29 bits per heavy atom. The number of carboxylic acid groups (broad SMARTS) is 1. The molecule has 0 aromatic heterocycles. The summed E-state index contributed by atoms with van der Waals surface area (Å²) in [5, 5.41) is 11.8. The third-order valence-electron chi connectivity index (χ3n) is 4.16. The van der Waals surface area contributed by atoms with E-state index >= 15 is 0 Å². The van der Waals surface area contributed by atoms with Gasteiger partial charge in [0, 0.05) is 19.6 Å². The quantitative estimate of drug-likeness (QED) is 0.777. The number of carbonyl (C=O) groups excluding carboxylic acids is 1. The molecule has 2 rings (SSSR count). The zero-order valence-electron chi connectivity index (χ0n) is 10.4. The number of hydrogen-bond donors (Lipinski definition) is 2. The molecule has 1 heterocycles. The summed E-state index contributed by atoms with van der Waals surface area (Å²) in [7, 11) is 0. The molecule has 96 valence electrons. The molecule has 5 heteroatoms. The Bertz CT molecular complexity index is 329. The van der Waals surface area contributed by atoms with E-state index in [9.17, 15) is 9.59 Å². The largest absolute Gasteiger partial charge is 0.481 e. The predicted molar refractivity (Wildman–Crippen MR) is 62.6 cm³/mol. The SMILES string of the molecule is CC1CN(C(=O)NCC2(C(=O)O)CC2)CC1C. The van der Waals surface area contributed by atoms with Crippen LogP contribution in [-0.2, 0) is 4.79 Å². The van der Waals surface area contributed by atoms with E-state index in [1.54, 1.807) is 4.90 Å². The van der Waals surface area contributed by atoms with Gasteiger partial charge in [-0.25, -0.2) is 4.79 Å². The summed E-state index contributed by atoms with van der Waals surface area (Å²) in [6, 6.07) is -0.117. The van der Waals surface area contributed by atoms with Gasteiger partial charge in [0.25, 0.3) is 0 Å². The van der Waals surface area contributed by atoms with Crippen molar-refractivity contribution in [1.82, 2.24) is 10.2 Å². The minimum atomic E-state index is -0.791. The minimum Gasteiger partial charge on any atom is -0.481 e. The lowest BCUT2D eigenvalue weighted by Gasteiger charge is -2.18. The van der Waals surface area contributed by atoms with Crippen molar-refractivity contribution in [2.24, 2.45) is 17.3 Å². The van der Waals surface area contributed by atoms with Gasteiger partial charge >= 0.3 is 12.0 Å². The van der Waals surface area contributed by atoms with Crippen LogP contribution >= 0.6 is 0 Å². The smallest absolute Gasteiger partial charge is 0.317 e. The number of likely N-dealkylation sites (tertiary alicyclic amines) is 1. The Labute approximate surface area is 101 Å². The van der Waals surface area contributed by atoms with Crippen molar-refractivity contribution >= 4 is 12.0 Å². The summed E-state index contributed by atoms with van der Waals surface area (Å²) in [6.07, 6.45) is 1.35.